The van der Waals surface area contributed by atoms with Crippen LogP contribution in [0.3, 0.4) is 0 Å². The summed E-state index contributed by atoms with van der Waals surface area (Å²) in [4.78, 5) is 22.7. The smallest absolute Gasteiger partial charge is 0.232 e. The molecule has 1 atom stereocenters. The number of piperidine rings is 1. The third-order valence-electron chi connectivity index (χ3n) is 3.41. The molecule has 0 bridgehead atoms. The monoisotopic (exact) mass is 357 g/mol. The van der Waals surface area contributed by atoms with Crippen molar-refractivity contribution in [3.05, 3.63) is 10.7 Å². The molecule has 0 aliphatic carbocycles. The summed E-state index contributed by atoms with van der Waals surface area (Å²) in [6, 6.07) is 0. The summed E-state index contributed by atoms with van der Waals surface area (Å²) in [6.45, 7) is 2.42. The number of nitrogens with two attached hydrogens (primary N) is 1. The summed E-state index contributed by atoms with van der Waals surface area (Å²) in [5, 5.41) is 2.84. The van der Waals surface area contributed by atoms with Gasteiger partial charge in [-0.3, -0.25) is 4.79 Å². The van der Waals surface area contributed by atoms with Crippen LogP contribution in [0.25, 0.3) is 0 Å². The molecule has 1 fully saturated rings. The summed E-state index contributed by atoms with van der Waals surface area (Å²) in [5.41, 5.74) is 5.41. The Balaban J connectivity index is 2.05. The van der Waals surface area contributed by atoms with Crippen LogP contribution in [0, 0.1) is 5.92 Å². The Labute approximate surface area is 132 Å². The number of rotatable bonds is 5. The van der Waals surface area contributed by atoms with E-state index in [1.807, 2.05) is 4.90 Å². The second-order valence-corrected chi connectivity index (χ2v) is 5.75. The molecule has 1 unspecified atom stereocenters. The number of nitrogens with zero attached hydrogens (tertiary/aromatic N) is 3. The molecule has 8 heteroatoms. The number of amides is 1. The van der Waals surface area contributed by atoms with Crippen molar-refractivity contribution in [2.45, 2.75) is 12.8 Å². The first-order valence-electron chi connectivity index (χ1n) is 6.95. The fraction of sp³-hybridized carbons (Fsp3) is 0.615. The average molecular weight is 358 g/mol. The van der Waals surface area contributed by atoms with E-state index < -0.39 is 0 Å². The highest BCUT2D eigenvalue weighted by Gasteiger charge is 2.27. The topological polar surface area (TPSA) is 93.4 Å². The van der Waals surface area contributed by atoms with Crippen molar-refractivity contribution in [2.24, 2.45) is 11.7 Å². The molecule has 0 aromatic carbocycles. The Bertz CT molecular complexity index is 499. The highest BCUT2D eigenvalue weighted by atomic mass is 79.9. The molecule has 116 valence electrons. The zero-order chi connectivity index (χ0) is 15.2. The lowest BCUT2D eigenvalue weighted by molar-refractivity contribution is -0.125. The number of nitrogens with one attached hydrogen (secondary N) is 1. The number of anilines is 1. The summed E-state index contributed by atoms with van der Waals surface area (Å²) >= 11 is 3.33. The first-order chi connectivity index (χ1) is 10.2. The van der Waals surface area contributed by atoms with E-state index in [9.17, 15) is 4.79 Å². The molecular weight excluding hydrogens is 338 g/mol. The lowest BCUT2D eigenvalue weighted by Gasteiger charge is -2.32. The number of hydrogen-bond acceptors (Lipinski definition) is 6. The van der Waals surface area contributed by atoms with Gasteiger partial charge in [-0.2, -0.15) is 4.98 Å². The van der Waals surface area contributed by atoms with E-state index in [0.29, 0.717) is 35.9 Å². The number of hydrogen-bond donors (Lipinski definition) is 2. The van der Waals surface area contributed by atoms with Crippen LogP contribution in [0.15, 0.2) is 10.7 Å². The standard InChI is InChI=1S/C13H20BrN5O2/c1-21-12-10(14)7-17-13(18-12)19-6-2-3-9(8-19)11(20)16-5-4-15/h7,9H,2-6,8,15H2,1H3,(H,16,20). The molecule has 1 amide bonds. The van der Waals surface area contributed by atoms with Crippen molar-refractivity contribution < 1.29 is 9.53 Å². The highest BCUT2D eigenvalue weighted by molar-refractivity contribution is 9.10. The molecule has 1 aliphatic heterocycles. The maximum Gasteiger partial charge on any atom is 0.232 e. The first-order valence-corrected chi connectivity index (χ1v) is 7.74. The number of halogens is 1. The largest absolute Gasteiger partial charge is 0.480 e. The van der Waals surface area contributed by atoms with Gasteiger partial charge in [0.1, 0.15) is 0 Å². The van der Waals surface area contributed by atoms with Gasteiger partial charge in [0.25, 0.3) is 0 Å². The quantitative estimate of drug-likeness (QED) is 0.798. The number of aromatic nitrogens is 2. The number of carbonyl (C=O) groups excluding carboxylic acids is 1. The molecular formula is C13H20BrN5O2. The van der Waals surface area contributed by atoms with E-state index >= 15 is 0 Å². The number of carbonyl (C=O) groups is 1. The molecule has 21 heavy (non-hydrogen) atoms. The van der Waals surface area contributed by atoms with Crippen molar-refractivity contribution in [2.75, 3.05) is 38.2 Å². The van der Waals surface area contributed by atoms with Gasteiger partial charge in [-0.25, -0.2) is 4.98 Å². The van der Waals surface area contributed by atoms with Crippen LogP contribution in [0.2, 0.25) is 0 Å². The van der Waals surface area contributed by atoms with Gasteiger partial charge in [0.2, 0.25) is 17.7 Å². The lowest BCUT2D eigenvalue weighted by Crippen LogP contribution is -2.44. The minimum Gasteiger partial charge on any atom is -0.480 e. The Morgan fingerprint density at radius 3 is 3.19 bits per heavy atom. The molecule has 0 spiro atoms. The van der Waals surface area contributed by atoms with E-state index in [1.165, 1.54) is 0 Å². The van der Waals surface area contributed by atoms with Gasteiger partial charge in [0.15, 0.2) is 0 Å². The Hall–Kier alpha value is -1.41. The van der Waals surface area contributed by atoms with Crippen LogP contribution in [0.4, 0.5) is 5.95 Å². The zero-order valence-electron chi connectivity index (χ0n) is 12.0. The van der Waals surface area contributed by atoms with Gasteiger partial charge in [-0.05, 0) is 28.8 Å². The Kier molecular flexibility index (Phi) is 5.75. The first kappa shape index (κ1) is 16.0. The van der Waals surface area contributed by atoms with Crippen molar-refractivity contribution >= 4 is 27.8 Å². The molecule has 1 aliphatic rings. The highest BCUT2D eigenvalue weighted by Crippen LogP contribution is 2.26. The lowest BCUT2D eigenvalue weighted by atomic mass is 9.97. The second kappa shape index (κ2) is 7.56. The molecule has 0 saturated carbocycles. The third kappa shape index (κ3) is 4.04. The fourth-order valence-electron chi connectivity index (χ4n) is 2.35. The van der Waals surface area contributed by atoms with Gasteiger partial charge in [0, 0.05) is 26.2 Å². The van der Waals surface area contributed by atoms with Crippen molar-refractivity contribution in [3.63, 3.8) is 0 Å². The normalized spacial score (nSPS) is 18.4. The predicted molar refractivity (Wildman–Crippen MR) is 83.3 cm³/mol. The van der Waals surface area contributed by atoms with Crippen molar-refractivity contribution in [3.8, 4) is 5.88 Å². The molecule has 2 heterocycles. The molecule has 7 nitrogen and oxygen atoms in total. The Morgan fingerprint density at radius 1 is 1.67 bits per heavy atom. The second-order valence-electron chi connectivity index (χ2n) is 4.89. The predicted octanol–water partition coefficient (Wildman–Crippen LogP) is 0.539. The van der Waals surface area contributed by atoms with Crippen LogP contribution in [0.1, 0.15) is 12.8 Å². The van der Waals surface area contributed by atoms with Crippen LogP contribution < -0.4 is 20.7 Å². The fourth-order valence-corrected chi connectivity index (χ4v) is 2.70. The van der Waals surface area contributed by atoms with E-state index in [-0.39, 0.29) is 11.8 Å². The molecule has 1 aromatic heterocycles. The maximum atomic E-state index is 12.0. The maximum absolute atomic E-state index is 12.0. The van der Waals surface area contributed by atoms with Gasteiger partial charge in [0.05, 0.1) is 23.7 Å². The minimum atomic E-state index is -0.0523. The molecule has 2 rings (SSSR count). The Morgan fingerprint density at radius 2 is 2.48 bits per heavy atom. The average Bonchev–Trinajstić information content (AvgIpc) is 2.53. The molecule has 1 saturated heterocycles. The summed E-state index contributed by atoms with van der Waals surface area (Å²) in [7, 11) is 1.57. The van der Waals surface area contributed by atoms with Crippen molar-refractivity contribution in [1.29, 1.82) is 0 Å². The SMILES string of the molecule is COc1nc(N2CCCC(C(=O)NCCN)C2)ncc1Br. The minimum absolute atomic E-state index is 0.0502. The van der Waals surface area contributed by atoms with E-state index in [4.69, 9.17) is 10.5 Å². The van der Waals surface area contributed by atoms with Crippen LogP contribution in [-0.2, 0) is 4.79 Å². The number of methoxy groups -OCH3 is 1. The molecule has 1 aromatic rings. The molecule has 0 radical (unpaired) electrons. The van der Waals surface area contributed by atoms with E-state index in [1.54, 1.807) is 13.3 Å². The summed E-state index contributed by atoms with van der Waals surface area (Å²) < 4.78 is 5.90. The number of ether oxygens (including phenoxy) is 1. The van der Waals surface area contributed by atoms with Gasteiger partial charge >= 0.3 is 0 Å². The van der Waals surface area contributed by atoms with Crippen LogP contribution in [0.5, 0.6) is 5.88 Å². The van der Waals surface area contributed by atoms with E-state index in [2.05, 4.69) is 31.2 Å². The van der Waals surface area contributed by atoms with Crippen molar-refractivity contribution in [1.82, 2.24) is 15.3 Å². The van der Waals surface area contributed by atoms with Gasteiger partial charge < -0.3 is 20.7 Å². The van der Waals surface area contributed by atoms with E-state index in [0.717, 1.165) is 19.4 Å². The summed E-state index contributed by atoms with van der Waals surface area (Å²) in [5.74, 6) is 1.08. The summed E-state index contributed by atoms with van der Waals surface area (Å²) in [6.07, 6.45) is 3.47. The molecule has 3 N–H and O–H groups in total. The van der Waals surface area contributed by atoms with Crippen LogP contribution >= 0.6 is 15.9 Å². The third-order valence-corrected chi connectivity index (χ3v) is 3.96. The zero-order valence-corrected chi connectivity index (χ0v) is 13.6. The van der Waals surface area contributed by atoms with Crippen LogP contribution in [-0.4, -0.2) is 49.2 Å². The van der Waals surface area contributed by atoms with Gasteiger partial charge in [-0.15, -0.1) is 0 Å². The van der Waals surface area contributed by atoms with Gasteiger partial charge in [-0.1, -0.05) is 0 Å².